The Morgan fingerprint density at radius 3 is 2.88 bits per heavy atom. The maximum absolute atomic E-state index is 13.1. The number of aromatic nitrogens is 2. The summed E-state index contributed by atoms with van der Waals surface area (Å²) < 4.78 is 0. The van der Waals surface area contributed by atoms with Gasteiger partial charge in [-0.25, -0.2) is 9.97 Å². The van der Waals surface area contributed by atoms with Crippen LogP contribution in [-0.2, 0) is 6.54 Å². The van der Waals surface area contributed by atoms with Crippen LogP contribution in [0, 0.1) is 5.41 Å². The molecule has 1 saturated heterocycles. The van der Waals surface area contributed by atoms with Gasteiger partial charge in [-0.1, -0.05) is 0 Å². The van der Waals surface area contributed by atoms with Crippen molar-refractivity contribution in [1.29, 1.82) is 0 Å². The molecule has 2 fully saturated rings. The number of hydrogen-bond donors (Lipinski definition) is 2. The van der Waals surface area contributed by atoms with E-state index in [2.05, 4.69) is 26.7 Å². The summed E-state index contributed by atoms with van der Waals surface area (Å²) in [5.74, 6) is 0.102. The quantitative estimate of drug-likeness (QED) is 0.886. The summed E-state index contributed by atoms with van der Waals surface area (Å²) in [6, 6.07) is 2.34. The minimum atomic E-state index is -0.104. The number of piperidine rings is 1. The van der Waals surface area contributed by atoms with Crippen LogP contribution in [0.1, 0.15) is 35.3 Å². The fourth-order valence-electron chi connectivity index (χ4n) is 3.78. The number of anilines is 1. The standard InChI is InChI=1S/C17H21N5OS/c18-15-14(20-6-7-21-15)16(23)22(10-12-1-8-24-11-12)13-9-17(13)2-4-19-5-3-17/h1,6-8,11,13,19H,2-5,9-10H2,(H2,18,21)/t13-/m0/s1. The van der Waals surface area contributed by atoms with Crippen LogP contribution in [0.15, 0.2) is 29.2 Å². The second kappa shape index (κ2) is 6.14. The van der Waals surface area contributed by atoms with E-state index in [1.807, 2.05) is 10.3 Å². The van der Waals surface area contributed by atoms with Crippen LogP contribution < -0.4 is 11.1 Å². The average Bonchev–Trinajstić information content (AvgIpc) is 3.04. The van der Waals surface area contributed by atoms with Crippen LogP contribution in [-0.4, -0.2) is 39.9 Å². The lowest BCUT2D eigenvalue weighted by Crippen LogP contribution is -2.39. The molecule has 2 aromatic rings. The molecular weight excluding hydrogens is 322 g/mol. The Labute approximate surface area is 145 Å². The lowest BCUT2D eigenvalue weighted by Gasteiger charge is -2.29. The van der Waals surface area contributed by atoms with Crippen LogP contribution >= 0.6 is 11.3 Å². The Morgan fingerprint density at radius 1 is 1.38 bits per heavy atom. The second-order valence-electron chi connectivity index (χ2n) is 6.69. The predicted molar refractivity (Wildman–Crippen MR) is 93.6 cm³/mol. The summed E-state index contributed by atoms with van der Waals surface area (Å²) in [6.45, 7) is 2.67. The first-order chi connectivity index (χ1) is 11.7. The van der Waals surface area contributed by atoms with Gasteiger partial charge < -0.3 is 16.0 Å². The van der Waals surface area contributed by atoms with E-state index in [0.29, 0.717) is 6.54 Å². The van der Waals surface area contributed by atoms with Crippen molar-refractivity contribution in [1.82, 2.24) is 20.2 Å². The topological polar surface area (TPSA) is 84.1 Å². The summed E-state index contributed by atoms with van der Waals surface area (Å²) in [5, 5.41) is 7.55. The third kappa shape index (κ3) is 2.78. The molecule has 0 aromatic carbocycles. The normalized spacial score (nSPS) is 21.6. The first-order valence-corrected chi connectivity index (χ1v) is 9.23. The molecule has 4 rings (SSSR count). The minimum absolute atomic E-state index is 0.104. The van der Waals surface area contributed by atoms with Crippen molar-refractivity contribution in [2.75, 3.05) is 18.8 Å². The van der Waals surface area contributed by atoms with E-state index in [0.717, 1.165) is 37.9 Å². The summed E-state index contributed by atoms with van der Waals surface area (Å²) in [4.78, 5) is 23.3. The Kier molecular flexibility index (Phi) is 3.97. The highest BCUT2D eigenvalue weighted by atomic mass is 32.1. The van der Waals surface area contributed by atoms with Crippen molar-refractivity contribution < 1.29 is 4.79 Å². The highest BCUT2D eigenvalue weighted by molar-refractivity contribution is 7.07. The predicted octanol–water partition coefficient (Wildman–Crippen LogP) is 1.90. The number of hydrogen-bond acceptors (Lipinski definition) is 6. The van der Waals surface area contributed by atoms with E-state index in [1.54, 1.807) is 11.3 Å². The van der Waals surface area contributed by atoms with Gasteiger partial charge in [0, 0.05) is 25.0 Å². The average molecular weight is 343 g/mol. The molecule has 0 unspecified atom stereocenters. The molecule has 3 heterocycles. The molecule has 1 amide bonds. The Hall–Kier alpha value is -1.99. The molecule has 6 nitrogen and oxygen atoms in total. The van der Waals surface area contributed by atoms with Crippen molar-refractivity contribution in [3.05, 3.63) is 40.5 Å². The molecule has 126 valence electrons. The number of nitrogens with zero attached hydrogens (tertiary/aromatic N) is 3. The summed E-state index contributed by atoms with van der Waals surface area (Å²) in [6.07, 6.45) is 6.37. The van der Waals surface area contributed by atoms with Crippen molar-refractivity contribution in [3.63, 3.8) is 0 Å². The molecule has 1 spiro atoms. The van der Waals surface area contributed by atoms with Crippen LogP contribution in [0.3, 0.4) is 0 Å². The van der Waals surface area contributed by atoms with Gasteiger partial charge >= 0.3 is 0 Å². The van der Waals surface area contributed by atoms with E-state index < -0.39 is 0 Å². The van der Waals surface area contributed by atoms with Crippen molar-refractivity contribution in [2.45, 2.75) is 31.8 Å². The lowest BCUT2D eigenvalue weighted by molar-refractivity contribution is 0.0687. The van der Waals surface area contributed by atoms with Crippen LogP contribution in [0.25, 0.3) is 0 Å². The van der Waals surface area contributed by atoms with Gasteiger partial charge in [0.1, 0.15) is 0 Å². The number of nitrogens with two attached hydrogens (primary N) is 1. The van der Waals surface area contributed by atoms with Gasteiger partial charge in [-0.15, -0.1) is 0 Å². The zero-order valence-electron chi connectivity index (χ0n) is 13.4. The Balaban J connectivity index is 1.61. The first-order valence-electron chi connectivity index (χ1n) is 8.29. The molecule has 3 N–H and O–H groups in total. The molecule has 24 heavy (non-hydrogen) atoms. The summed E-state index contributed by atoms with van der Waals surface area (Å²) in [5.41, 5.74) is 7.59. The van der Waals surface area contributed by atoms with E-state index in [-0.39, 0.29) is 28.9 Å². The third-order valence-corrected chi connectivity index (χ3v) is 5.98. The molecule has 1 saturated carbocycles. The van der Waals surface area contributed by atoms with Gasteiger partial charge in [-0.2, -0.15) is 11.3 Å². The maximum atomic E-state index is 13.1. The minimum Gasteiger partial charge on any atom is -0.382 e. The largest absolute Gasteiger partial charge is 0.382 e. The van der Waals surface area contributed by atoms with Crippen molar-refractivity contribution in [3.8, 4) is 0 Å². The highest BCUT2D eigenvalue weighted by Gasteiger charge is 2.58. The van der Waals surface area contributed by atoms with Crippen molar-refractivity contribution in [2.24, 2.45) is 5.41 Å². The lowest BCUT2D eigenvalue weighted by atomic mass is 9.93. The molecule has 2 aliphatic rings. The molecule has 0 bridgehead atoms. The molecule has 1 atom stereocenters. The van der Waals surface area contributed by atoms with Gasteiger partial charge in [-0.3, -0.25) is 4.79 Å². The van der Waals surface area contributed by atoms with Gasteiger partial charge in [0.25, 0.3) is 5.91 Å². The fourth-order valence-corrected chi connectivity index (χ4v) is 4.44. The number of thiophene rings is 1. The van der Waals surface area contributed by atoms with E-state index in [9.17, 15) is 4.79 Å². The zero-order valence-corrected chi connectivity index (χ0v) is 14.3. The van der Waals surface area contributed by atoms with Crippen LogP contribution in [0.4, 0.5) is 5.82 Å². The third-order valence-electron chi connectivity index (χ3n) is 5.25. The monoisotopic (exact) mass is 343 g/mol. The fraction of sp³-hybridized carbons (Fsp3) is 0.471. The summed E-state index contributed by atoms with van der Waals surface area (Å²) in [7, 11) is 0. The number of carbonyl (C=O) groups excluding carboxylic acids is 1. The number of nitrogen functional groups attached to an aromatic ring is 1. The number of amides is 1. The maximum Gasteiger partial charge on any atom is 0.276 e. The van der Waals surface area contributed by atoms with Crippen molar-refractivity contribution >= 4 is 23.1 Å². The Morgan fingerprint density at radius 2 is 2.17 bits per heavy atom. The van der Waals surface area contributed by atoms with Gasteiger partial charge in [0.2, 0.25) is 0 Å². The highest BCUT2D eigenvalue weighted by Crippen LogP contribution is 2.56. The van der Waals surface area contributed by atoms with E-state index in [4.69, 9.17) is 5.73 Å². The zero-order chi connectivity index (χ0) is 16.6. The smallest absolute Gasteiger partial charge is 0.276 e. The van der Waals surface area contributed by atoms with Gasteiger partial charge in [0.05, 0.1) is 0 Å². The second-order valence-corrected chi connectivity index (χ2v) is 7.47. The van der Waals surface area contributed by atoms with Gasteiger partial charge in [-0.05, 0) is 60.2 Å². The number of carbonyl (C=O) groups is 1. The van der Waals surface area contributed by atoms with E-state index >= 15 is 0 Å². The van der Waals surface area contributed by atoms with Crippen LogP contribution in [0.5, 0.6) is 0 Å². The molecule has 0 radical (unpaired) electrons. The molecule has 1 aliphatic carbocycles. The van der Waals surface area contributed by atoms with Gasteiger partial charge in [0.15, 0.2) is 11.5 Å². The Bertz CT molecular complexity index is 726. The molecule has 7 heteroatoms. The number of rotatable bonds is 4. The van der Waals surface area contributed by atoms with E-state index in [1.165, 1.54) is 12.4 Å². The molecular formula is C17H21N5OS. The SMILES string of the molecule is Nc1nccnc1C(=O)N(Cc1ccsc1)[C@H]1CC12CCNCC2. The first kappa shape index (κ1) is 15.5. The molecule has 2 aromatic heterocycles. The summed E-state index contributed by atoms with van der Waals surface area (Å²) >= 11 is 1.65. The molecule has 1 aliphatic heterocycles. The number of nitrogens with one attached hydrogen (secondary N) is 1. The van der Waals surface area contributed by atoms with Crippen LogP contribution in [0.2, 0.25) is 0 Å².